The number of hydrogen-bond donors (Lipinski definition) is 2. The second kappa shape index (κ2) is 14.4. The van der Waals surface area contributed by atoms with Crippen molar-refractivity contribution < 1.29 is 19.1 Å². The van der Waals surface area contributed by atoms with Crippen LogP contribution in [0.4, 0.5) is 0 Å². The zero-order valence-electron chi connectivity index (χ0n) is 24.6. The van der Waals surface area contributed by atoms with Crippen LogP contribution < -0.4 is 10.6 Å². The molecule has 2 heterocycles. The van der Waals surface area contributed by atoms with Gasteiger partial charge in [-0.25, -0.2) is 4.79 Å². The topological polar surface area (TPSA) is 87.7 Å². The molecule has 8 heteroatoms. The highest BCUT2D eigenvalue weighted by atomic mass is 32.1. The molecule has 5 rings (SSSR count). The lowest BCUT2D eigenvalue weighted by Crippen LogP contribution is -2.60. The van der Waals surface area contributed by atoms with Crippen LogP contribution in [0.25, 0.3) is 10.1 Å². The molecule has 224 valence electrons. The molecule has 1 aromatic heterocycles. The van der Waals surface area contributed by atoms with Gasteiger partial charge in [-0.3, -0.25) is 9.59 Å². The molecular weight excluding hydrogens is 558 g/mol. The third-order valence-corrected chi connectivity index (χ3v) is 9.37. The number of fused-ring (bicyclic) bond motifs is 1. The Kier molecular flexibility index (Phi) is 10.2. The molecule has 0 bridgehead atoms. The Hall–Kier alpha value is -4.01. The van der Waals surface area contributed by atoms with Crippen molar-refractivity contribution in [1.82, 2.24) is 15.5 Å². The van der Waals surface area contributed by atoms with Gasteiger partial charge in [-0.15, -0.1) is 11.3 Å². The van der Waals surface area contributed by atoms with Crippen LogP contribution in [-0.4, -0.2) is 61.5 Å². The zero-order chi connectivity index (χ0) is 30.1. The Bertz CT molecular complexity index is 1510. The van der Waals surface area contributed by atoms with Gasteiger partial charge in [0.1, 0.15) is 5.54 Å². The van der Waals surface area contributed by atoms with Crippen molar-refractivity contribution in [3.05, 3.63) is 107 Å². The number of carbonyl (C=O) groups is 3. The summed E-state index contributed by atoms with van der Waals surface area (Å²) in [6.45, 7) is 2.21. The lowest BCUT2D eigenvalue weighted by molar-refractivity contribution is -0.153. The summed E-state index contributed by atoms with van der Waals surface area (Å²) in [5, 5.41) is 9.62. The van der Waals surface area contributed by atoms with Gasteiger partial charge in [0.2, 0.25) is 11.8 Å². The number of nitrogens with zero attached hydrogens (tertiary/aromatic N) is 1. The minimum atomic E-state index is -1.06. The molecule has 2 N–H and O–H groups in total. The van der Waals surface area contributed by atoms with Crippen molar-refractivity contribution in [2.75, 3.05) is 33.3 Å². The molecular formula is C35H39N3O4S. The first-order chi connectivity index (χ1) is 21.0. The van der Waals surface area contributed by atoms with E-state index >= 15 is 0 Å². The molecule has 1 unspecified atom stereocenters. The highest BCUT2D eigenvalue weighted by Gasteiger charge is 2.44. The fraction of sp³-hybridized carbons (Fsp3) is 0.343. The van der Waals surface area contributed by atoms with E-state index in [0.717, 1.165) is 17.5 Å². The van der Waals surface area contributed by atoms with Gasteiger partial charge in [-0.2, -0.15) is 0 Å². The number of methoxy groups -OCH3 is 1. The van der Waals surface area contributed by atoms with E-state index in [1.54, 1.807) is 11.3 Å². The predicted octanol–water partition coefficient (Wildman–Crippen LogP) is 5.10. The summed E-state index contributed by atoms with van der Waals surface area (Å²) >= 11 is 1.73. The van der Waals surface area contributed by atoms with Crippen LogP contribution in [0.3, 0.4) is 0 Å². The molecule has 1 aliphatic heterocycles. The average Bonchev–Trinajstić information content (AvgIpc) is 3.46. The summed E-state index contributed by atoms with van der Waals surface area (Å²) < 4.78 is 6.40. The first kappa shape index (κ1) is 30.4. The summed E-state index contributed by atoms with van der Waals surface area (Å²) in [7, 11) is 1.36. The summed E-state index contributed by atoms with van der Waals surface area (Å²) in [6, 6.07) is 28.0. The van der Waals surface area contributed by atoms with Gasteiger partial charge >= 0.3 is 5.97 Å². The van der Waals surface area contributed by atoms with Crippen LogP contribution in [0.1, 0.15) is 41.9 Å². The van der Waals surface area contributed by atoms with E-state index in [2.05, 4.69) is 33.0 Å². The zero-order valence-corrected chi connectivity index (χ0v) is 25.4. The van der Waals surface area contributed by atoms with Crippen LogP contribution in [-0.2, 0) is 32.0 Å². The molecule has 43 heavy (non-hydrogen) atoms. The predicted molar refractivity (Wildman–Crippen MR) is 171 cm³/mol. The SMILES string of the molecule is COC(=O)C1(NC(=O)CCc2ccccc2)CCN(CC(C(=O)NCCc2csc3ccccc23)c2ccccc2)CC1. The van der Waals surface area contributed by atoms with Crippen molar-refractivity contribution in [3.63, 3.8) is 0 Å². The summed E-state index contributed by atoms with van der Waals surface area (Å²) in [5.41, 5.74) is 2.22. The third-order valence-electron chi connectivity index (χ3n) is 8.36. The van der Waals surface area contributed by atoms with Gasteiger partial charge in [-0.1, -0.05) is 78.9 Å². The Morgan fingerprint density at radius 2 is 1.58 bits per heavy atom. The fourth-order valence-electron chi connectivity index (χ4n) is 5.88. The second-order valence-corrected chi connectivity index (χ2v) is 12.1. The van der Waals surface area contributed by atoms with Gasteiger partial charge in [0.05, 0.1) is 13.0 Å². The molecule has 0 aliphatic carbocycles. The van der Waals surface area contributed by atoms with Crippen molar-refractivity contribution >= 4 is 39.2 Å². The van der Waals surface area contributed by atoms with Crippen LogP contribution in [0, 0.1) is 0 Å². The Labute approximate surface area is 257 Å². The number of thiophene rings is 1. The number of hydrogen-bond acceptors (Lipinski definition) is 6. The van der Waals surface area contributed by atoms with E-state index in [9.17, 15) is 14.4 Å². The summed E-state index contributed by atoms with van der Waals surface area (Å²) in [5.74, 6) is -0.947. The number of likely N-dealkylation sites (tertiary alicyclic amines) is 1. The van der Waals surface area contributed by atoms with Crippen molar-refractivity contribution in [1.29, 1.82) is 0 Å². The number of benzene rings is 3. The van der Waals surface area contributed by atoms with E-state index in [1.807, 2.05) is 72.8 Å². The molecule has 1 aliphatic rings. The maximum Gasteiger partial charge on any atom is 0.331 e. The highest BCUT2D eigenvalue weighted by Crippen LogP contribution is 2.28. The molecule has 0 radical (unpaired) electrons. The molecule has 1 atom stereocenters. The number of amides is 2. The second-order valence-electron chi connectivity index (χ2n) is 11.2. The van der Waals surface area contributed by atoms with Gasteiger partial charge in [0, 0.05) is 37.3 Å². The van der Waals surface area contributed by atoms with Crippen molar-refractivity contribution in [3.8, 4) is 0 Å². The fourth-order valence-corrected chi connectivity index (χ4v) is 6.88. The molecule has 1 saturated heterocycles. The summed E-state index contributed by atoms with van der Waals surface area (Å²) in [6.07, 6.45) is 2.51. The number of rotatable bonds is 12. The van der Waals surface area contributed by atoms with E-state index in [-0.39, 0.29) is 17.7 Å². The number of piperidine rings is 1. The minimum Gasteiger partial charge on any atom is -0.467 e. The first-order valence-corrected chi connectivity index (χ1v) is 15.8. The number of esters is 1. The number of aryl methyl sites for hydroxylation is 1. The first-order valence-electron chi connectivity index (χ1n) is 14.9. The van der Waals surface area contributed by atoms with Crippen molar-refractivity contribution in [2.45, 2.75) is 43.6 Å². The highest BCUT2D eigenvalue weighted by molar-refractivity contribution is 7.17. The lowest BCUT2D eigenvalue weighted by Gasteiger charge is -2.41. The lowest BCUT2D eigenvalue weighted by atomic mass is 9.86. The molecule has 3 aromatic carbocycles. The van der Waals surface area contributed by atoms with Gasteiger partial charge in [0.15, 0.2) is 0 Å². The molecule has 4 aromatic rings. The summed E-state index contributed by atoms with van der Waals surface area (Å²) in [4.78, 5) is 41.6. The smallest absolute Gasteiger partial charge is 0.331 e. The average molecular weight is 598 g/mol. The Morgan fingerprint density at radius 3 is 2.30 bits per heavy atom. The largest absolute Gasteiger partial charge is 0.467 e. The van der Waals surface area contributed by atoms with Crippen LogP contribution in [0.2, 0.25) is 0 Å². The van der Waals surface area contributed by atoms with Gasteiger partial charge < -0.3 is 20.3 Å². The quantitative estimate of drug-likeness (QED) is 0.222. The molecule has 0 saturated carbocycles. The standard InChI is InChI=1S/C35H39N3O4S/c1-42-34(41)35(37-32(39)17-16-26-10-4-2-5-11-26)19-22-38(23-20-35)24-30(27-12-6-3-7-13-27)33(40)36-21-18-28-25-43-31-15-9-8-14-29(28)31/h2-15,25,30H,16-24H2,1H3,(H,36,40)(H,37,39). The van der Waals surface area contributed by atoms with Gasteiger partial charge in [-0.05, 0) is 59.2 Å². The number of ether oxygens (including phenoxy) is 1. The molecule has 0 spiro atoms. The van der Waals surface area contributed by atoms with Crippen LogP contribution >= 0.6 is 11.3 Å². The number of carbonyl (C=O) groups excluding carboxylic acids is 3. The van der Waals surface area contributed by atoms with Crippen LogP contribution in [0.5, 0.6) is 0 Å². The molecule has 7 nitrogen and oxygen atoms in total. The Balaban J connectivity index is 1.19. The van der Waals surface area contributed by atoms with E-state index in [0.29, 0.717) is 51.9 Å². The maximum absolute atomic E-state index is 13.6. The van der Waals surface area contributed by atoms with E-state index < -0.39 is 11.5 Å². The third kappa shape index (κ3) is 7.69. The Morgan fingerprint density at radius 1 is 0.907 bits per heavy atom. The van der Waals surface area contributed by atoms with E-state index in [4.69, 9.17) is 4.74 Å². The van der Waals surface area contributed by atoms with E-state index in [1.165, 1.54) is 22.8 Å². The molecule has 2 amide bonds. The number of nitrogens with one attached hydrogen (secondary N) is 2. The normalized spacial score (nSPS) is 15.5. The minimum absolute atomic E-state index is 0.00949. The van der Waals surface area contributed by atoms with Gasteiger partial charge in [0.25, 0.3) is 0 Å². The molecule has 1 fully saturated rings. The van der Waals surface area contributed by atoms with Crippen molar-refractivity contribution in [2.24, 2.45) is 0 Å². The van der Waals surface area contributed by atoms with Crippen LogP contribution in [0.15, 0.2) is 90.3 Å². The maximum atomic E-state index is 13.6. The monoisotopic (exact) mass is 597 g/mol.